The summed E-state index contributed by atoms with van der Waals surface area (Å²) in [5.74, 6) is -0.0600. The van der Waals surface area contributed by atoms with Crippen molar-refractivity contribution in [2.75, 3.05) is 19.6 Å². The zero-order valence-corrected chi connectivity index (χ0v) is 20.4. The van der Waals surface area contributed by atoms with Crippen molar-refractivity contribution in [3.8, 4) is 11.3 Å². The molecular weight excluding hydrogens is 466 g/mol. The van der Waals surface area contributed by atoms with Gasteiger partial charge in [-0.15, -0.1) is 0 Å². The Balaban J connectivity index is 1.43. The van der Waals surface area contributed by atoms with Gasteiger partial charge < -0.3 is 15.2 Å². The zero-order chi connectivity index (χ0) is 25.0. The van der Waals surface area contributed by atoms with Crippen molar-refractivity contribution in [2.24, 2.45) is 5.73 Å². The van der Waals surface area contributed by atoms with Crippen LogP contribution in [0.15, 0.2) is 53.3 Å². The van der Waals surface area contributed by atoms with Gasteiger partial charge in [0.15, 0.2) is 0 Å². The summed E-state index contributed by atoms with van der Waals surface area (Å²) in [6, 6.07) is 14.6. The van der Waals surface area contributed by atoms with Gasteiger partial charge in [0.05, 0.1) is 16.3 Å². The molecule has 10 heteroatoms. The van der Waals surface area contributed by atoms with Crippen LogP contribution in [0.4, 0.5) is 0 Å². The molecule has 0 amide bonds. The van der Waals surface area contributed by atoms with Gasteiger partial charge in [0.1, 0.15) is 11.5 Å². The van der Waals surface area contributed by atoms with E-state index in [9.17, 15) is 17.8 Å². The number of unbranched alkanes of at least 4 members (excludes halogenated alkanes) is 2. The van der Waals surface area contributed by atoms with Gasteiger partial charge in [-0.2, -0.15) is 8.42 Å². The number of rotatable bonds is 9. The highest BCUT2D eigenvalue weighted by Gasteiger charge is 2.27. The van der Waals surface area contributed by atoms with Gasteiger partial charge in [-0.3, -0.25) is 14.8 Å². The van der Waals surface area contributed by atoms with E-state index in [1.807, 2.05) is 24.3 Å². The standard InChI is InChI=1S/C25H31N5O4S/c26-24(27)19-8-6-7-18(17-19)23-25(31)30(22-10-3-2-9-21(22)28-23)14-5-1-4-13-29-15-11-20(12-16-29)35(32,33)34/h2-3,6-10,17,20H,1,4-5,11-16H2,(H3,26,27)(H,32,33,34). The fraction of sp³-hybridized carbons (Fsp3) is 0.400. The average molecular weight is 498 g/mol. The highest BCUT2D eigenvalue weighted by Crippen LogP contribution is 2.20. The van der Waals surface area contributed by atoms with Crippen LogP contribution < -0.4 is 11.3 Å². The fourth-order valence-electron chi connectivity index (χ4n) is 4.65. The molecule has 35 heavy (non-hydrogen) atoms. The van der Waals surface area contributed by atoms with Gasteiger partial charge >= 0.3 is 0 Å². The number of nitrogens with two attached hydrogens (primary N) is 1. The summed E-state index contributed by atoms with van der Waals surface area (Å²) < 4.78 is 33.6. The molecule has 2 aromatic carbocycles. The Hall–Kier alpha value is -3.08. The van der Waals surface area contributed by atoms with Crippen molar-refractivity contribution in [3.63, 3.8) is 0 Å². The number of benzene rings is 2. The Bertz CT molecular complexity index is 1380. The molecule has 1 saturated heterocycles. The van der Waals surface area contributed by atoms with Crippen molar-refractivity contribution < 1.29 is 13.0 Å². The maximum atomic E-state index is 13.4. The van der Waals surface area contributed by atoms with Gasteiger partial charge in [-0.05, 0) is 63.5 Å². The van der Waals surface area contributed by atoms with E-state index >= 15 is 0 Å². The van der Waals surface area contributed by atoms with Gasteiger partial charge in [0, 0.05) is 17.7 Å². The van der Waals surface area contributed by atoms with Crippen LogP contribution in [0.5, 0.6) is 0 Å². The number of fused-ring (bicyclic) bond motifs is 1. The van der Waals surface area contributed by atoms with E-state index in [0.717, 1.165) is 36.8 Å². The zero-order valence-electron chi connectivity index (χ0n) is 19.6. The highest BCUT2D eigenvalue weighted by atomic mass is 32.2. The third-order valence-electron chi connectivity index (χ3n) is 6.61. The molecule has 186 valence electrons. The molecule has 0 spiro atoms. The van der Waals surface area contributed by atoms with Crippen LogP contribution in [0.25, 0.3) is 22.3 Å². The number of piperidine rings is 1. The molecule has 0 saturated carbocycles. The molecule has 4 rings (SSSR count). The summed E-state index contributed by atoms with van der Waals surface area (Å²) in [5.41, 5.74) is 8.50. The summed E-state index contributed by atoms with van der Waals surface area (Å²) in [7, 11) is -3.94. The van der Waals surface area contributed by atoms with E-state index in [0.29, 0.717) is 49.3 Å². The first-order valence-electron chi connectivity index (χ1n) is 11.9. The second kappa shape index (κ2) is 10.7. The normalized spacial score (nSPS) is 15.5. The van der Waals surface area contributed by atoms with E-state index in [-0.39, 0.29) is 11.4 Å². The summed E-state index contributed by atoms with van der Waals surface area (Å²) in [5, 5.41) is 7.05. The third kappa shape index (κ3) is 5.95. The van der Waals surface area contributed by atoms with E-state index in [1.54, 1.807) is 28.8 Å². The highest BCUT2D eigenvalue weighted by molar-refractivity contribution is 7.86. The number of hydrogen-bond donors (Lipinski definition) is 3. The van der Waals surface area contributed by atoms with Gasteiger partial charge in [0.25, 0.3) is 15.7 Å². The number of hydrogen-bond acceptors (Lipinski definition) is 6. The molecule has 4 N–H and O–H groups in total. The number of nitrogens with zero attached hydrogens (tertiary/aromatic N) is 3. The van der Waals surface area contributed by atoms with Crippen LogP contribution in [0.3, 0.4) is 0 Å². The molecule has 0 unspecified atom stereocenters. The Kier molecular flexibility index (Phi) is 7.63. The van der Waals surface area contributed by atoms with Gasteiger partial charge in [-0.25, -0.2) is 4.98 Å². The lowest BCUT2D eigenvalue weighted by atomic mass is 10.1. The topological polar surface area (TPSA) is 142 Å². The van der Waals surface area contributed by atoms with Crippen molar-refractivity contribution >= 4 is 27.0 Å². The number of aryl methyl sites for hydroxylation is 1. The lowest BCUT2D eigenvalue weighted by Gasteiger charge is -2.30. The molecule has 0 aliphatic carbocycles. The minimum Gasteiger partial charge on any atom is -0.384 e. The number of para-hydroxylation sites is 2. The van der Waals surface area contributed by atoms with E-state index in [2.05, 4.69) is 9.88 Å². The third-order valence-corrected chi connectivity index (χ3v) is 7.93. The summed E-state index contributed by atoms with van der Waals surface area (Å²) in [6.45, 7) is 2.77. The molecule has 1 aliphatic rings. The quantitative estimate of drug-likeness (QED) is 0.179. The second-order valence-corrected chi connectivity index (χ2v) is 10.7. The van der Waals surface area contributed by atoms with Crippen LogP contribution in [-0.2, 0) is 16.7 Å². The molecule has 1 aliphatic heterocycles. The molecule has 3 aromatic rings. The van der Waals surface area contributed by atoms with Crippen LogP contribution in [0, 0.1) is 5.41 Å². The Morgan fingerprint density at radius 1 is 1.06 bits per heavy atom. The number of nitrogen functional groups attached to an aromatic ring is 1. The van der Waals surface area contributed by atoms with Crippen LogP contribution in [0.1, 0.15) is 37.7 Å². The smallest absolute Gasteiger partial charge is 0.277 e. The molecule has 9 nitrogen and oxygen atoms in total. The Labute approximate surface area is 204 Å². The monoisotopic (exact) mass is 497 g/mol. The number of aromatic nitrogens is 2. The number of likely N-dealkylation sites (tertiary alicyclic amines) is 1. The number of amidine groups is 1. The van der Waals surface area contributed by atoms with Gasteiger partial charge in [0.2, 0.25) is 0 Å². The molecule has 0 bridgehead atoms. The van der Waals surface area contributed by atoms with Crippen molar-refractivity contribution in [3.05, 3.63) is 64.4 Å². The molecule has 1 aromatic heterocycles. The van der Waals surface area contributed by atoms with Crippen molar-refractivity contribution in [2.45, 2.75) is 43.9 Å². The second-order valence-electron chi connectivity index (χ2n) is 9.02. The molecule has 1 fully saturated rings. The summed E-state index contributed by atoms with van der Waals surface area (Å²) >= 11 is 0. The van der Waals surface area contributed by atoms with E-state index in [1.165, 1.54) is 0 Å². The molecule has 0 atom stereocenters. The summed E-state index contributed by atoms with van der Waals surface area (Å²) in [4.78, 5) is 20.3. The largest absolute Gasteiger partial charge is 0.384 e. The predicted octanol–water partition coefficient (Wildman–Crippen LogP) is 2.87. The van der Waals surface area contributed by atoms with Crippen molar-refractivity contribution in [1.82, 2.24) is 14.5 Å². The lowest BCUT2D eigenvalue weighted by molar-refractivity contribution is 0.222. The molecular formula is C25H31N5O4S. The Morgan fingerprint density at radius 2 is 1.77 bits per heavy atom. The molecule has 0 radical (unpaired) electrons. The Morgan fingerprint density at radius 3 is 2.49 bits per heavy atom. The fourth-order valence-corrected chi connectivity index (χ4v) is 5.46. The number of nitrogens with one attached hydrogen (secondary N) is 1. The van der Waals surface area contributed by atoms with E-state index in [4.69, 9.17) is 11.1 Å². The van der Waals surface area contributed by atoms with Crippen LogP contribution in [-0.4, -0.2) is 58.1 Å². The maximum Gasteiger partial charge on any atom is 0.277 e. The van der Waals surface area contributed by atoms with Crippen molar-refractivity contribution in [1.29, 1.82) is 5.41 Å². The average Bonchev–Trinajstić information content (AvgIpc) is 2.84. The van der Waals surface area contributed by atoms with Crippen LogP contribution in [0.2, 0.25) is 0 Å². The summed E-state index contributed by atoms with van der Waals surface area (Å²) in [6.07, 6.45) is 3.62. The van der Waals surface area contributed by atoms with Gasteiger partial charge in [-0.1, -0.05) is 36.8 Å². The van der Waals surface area contributed by atoms with E-state index < -0.39 is 15.4 Å². The first-order valence-corrected chi connectivity index (χ1v) is 13.4. The SMILES string of the molecule is N=C(N)c1cccc(-c2nc3ccccc3n(CCCCCN3CCC(S(=O)(=O)O)CC3)c2=O)c1. The maximum absolute atomic E-state index is 13.4. The minimum atomic E-state index is -3.94. The first kappa shape index (κ1) is 25.0. The lowest BCUT2D eigenvalue weighted by Crippen LogP contribution is -2.39. The predicted molar refractivity (Wildman–Crippen MR) is 137 cm³/mol. The minimum absolute atomic E-state index is 0.0600. The first-order chi connectivity index (χ1) is 16.7. The van der Waals surface area contributed by atoms with Crippen LogP contribution >= 0.6 is 0 Å². The molecule has 2 heterocycles.